The first-order valence-corrected chi connectivity index (χ1v) is 7.56. The minimum absolute atomic E-state index is 0.750. The number of nitrogens with zero attached hydrogens (tertiary/aromatic N) is 3. The Morgan fingerprint density at radius 3 is 2.65 bits per heavy atom. The molecule has 20 heavy (non-hydrogen) atoms. The second-order valence-corrected chi connectivity index (χ2v) is 5.72. The zero-order chi connectivity index (χ0) is 14.7. The Kier molecular flexibility index (Phi) is 4.70. The summed E-state index contributed by atoms with van der Waals surface area (Å²) in [5, 5.41) is 8.03. The van der Waals surface area contributed by atoms with E-state index >= 15 is 0 Å². The summed E-state index contributed by atoms with van der Waals surface area (Å²) < 4.78 is 3.12. The van der Waals surface area contributed by atoms with Crippen LogP contribution in [-0.4, -0.2) is 23.9 Å². The lowest BCUT2D eigenvalue weighted by Crippen LogP contribution is -2.13. The molecular weight excluding hydrogens is 316 g/mol. The number of hydrogen-bond donors (Lipinski definition) is 1. The second kappa shape index (κ2) is 6.31. The minimum atomic E-state index is 0.750. The van der Waals surface area contributed by atoms with Gasteiger partial charge in [0.25, 0.3) is 0 Å². The maximum atomic E-state index is 4.52. The van der Waals surface area contributed by atoms with Crippen LogP contribution in [0.15, 0.2) is 28.7 Å². The second-order valence-electron chi connectivity index (χ2n) is 4.93. The van der Waals surface area contributed by atoms with Crippen LogP contribution in [0.1, 0.15) is 18.3 Å². The van der Waals surface area contributed by atoms with Gasteiger partial charge in [-0.15, -0.1) is 0 Å². The molecule has 2 aromatic rings. The van der Waals surface area contributed by atoms with Crippen LogP contribution >= 0.6 is 15.9 Å². The van der Waals surface area contributed by atoms with Crippen LogP contribution in [0, 0.1) is 6.92 Å². The summed E-state index contributed by atoms with van der Waals surface area (Å²) in [6.45, 7) is 5.75. The van der Waals surface area contributed by atoms with Gasteiger partial charge in [0.2, 0.25) is 0 Å². The molecule has 0 amide bonds. The van der Waals surface area contributed by atoms with Crippen LogP contribution in [0.2, 0.25) is 0 Å². The molecule has 0 aliphatic heterocycles. The largest absolute Gasteiger partial charge is 0.378 e. The van der Waals surface area contributed by atoms with Gasteiger partial charge >= 0.3 is 0 Å². The van der Waals surface area contributed by atoms with E-state index in [0.29, 0.717) is 0 Å². The van der Waals surface area contributed by atoms with Crippen molar-refractivity contribution in [2.75, 3.05) is 24.3 Å². The molecular formula is C15H21BrN4. The number of halogens is 1. The molecule has 4 nitrogen and oxygen atoms in total. The summed E-state index contributed by atoms with van der Waals surface area (Å²) in [6, 6.07) is 8.31. The number of aromatic nitrogens is 2. The lowest BCUT2D eigenvalue weighted by Gasteiger charge is -2.18. The van der Waals surface area contributed by atoms with Crippen molar-refractivity contribution in [1.29, 1.82) is 0 Å². The zero-order valence-corrected chi connectivity index (χ0v) is 14.0. The van der Waals surface area contributed by atoms with Crippen molar-refractivity contribution < 1.29 is 0 Å². The Morgan fingerprint density at radius 1 is 1.30 bits per heavy atom. The van der Waals surface area contributed by atoms with Gasteiger partial charge in [0.05, 0.1) is 33.8 Å². The van der Waals surface area contributed by atoms with Crippen molar-refractivity contribution in [2.24, 2.45) is 0 Å². The van der Waals surface area contributed by atoms with Gasteiger partial charge in [-0.3, -0.25) is 4.68 Å². The number of benzene rings is 1. The molecule has 5 heteroatoms. The Morgan fingerprint density at radius 2 is 2.00 bits per heavy atom. The normalized spacial score (nSPS) is 10.7. The van der Waals surface area contributed by atoms with E-state index in [-0.39, 0.29) is 0 Å². The molecule has 0 fully saturated rings. The number of hydrogen-bond acceptors (Lipinski definition) is 3. The van der Waals surface area contributed by atoms with Gasteiger partial charge in [0, 0.05) is 20.6 Å². The van der Waals surface area contributed by atoms with E-state index in [1.165, 1.54) is 11.4 Å². The molecule has 0 saturated heterocycles. The fourth-order valence-electron chi connectivity index (χ4n) is 2.23. The highest BCUT2D eigenvalue weighted by molar-refractivity contribution is 9.10. The summed E-state index contributed by atoms with van der Waals surface area (Å²) in [5.74, 6) is 0. The van der Waals surface area contributed by atoms with Gasteiger partial charge in [-0.2, -0.15) is 5.10 Å². The summed E-state index contributed by atoms with van der Waals surface area (Å²) in [4.78, 5) is 2.11. The molecule has 0 aliphatic carbocycles. The maximum Gasteiger partial charge on any atom is 0.0739 e. The quantitative estimate of drug-likeness (QED) is 0.904. The number of anilines is 2. The summed E-state index contributed by atoms with van der Waals surface area (Å²) in [6.07, 6.45) is 0. The van der Waals surface area contributed by atoms with Crippen LogP contribution in [0.3, 0.4) is 0 Å². The summed E-state index contributed by atoms with van der Waals surface area (Å²) >= 11 is 3.63. The Balaban J connectivity index is 2.21. The topological polar surface area (TPSA) is 33.1 Å². The fourth-order valence-corrected chi connectivity index (χ4v) is 2.65. The molecule has 0 aliphatic rings. The standard InChI is InChI=1S/C15H21BrN4/c1-5-20-14(15(16)11(2)18-20)10-17-12-8-6-7-9-13(12)19(3)4/h6-9,17H,5,10H2,1-4H3. The first-order chi connectivity index (χ1) is 9.54. The molecule has 0 bridgehead atoms. The zero-order valence-electron chi connectivity index (χ0n) is 12.4. The van der Waals surface area contributed by atoms with Crippen LogP contribution in [0.5, 0.6) is 0 Å². The molecule has 1 heterocycles. The predicted octanol–water partition coefficient (Wildman–Crippen LogP) is 3.65. The lowest BCUT2D eigenvalue weighted by atomic mass is 10.2. The highest BCUT2D eigenvalue weighted by atomic mass is 79.9. The third-order valence-corrected chi connectivity index (χ3v) is 4.32. The molecule has 0 spiro atoms. The Bertz CT molecular complexity index is 590. The van der Waals surface area contributed by atoms with Crippen molar-refractivity contribution in [1.82, 2.24) is 9.78 Å². The van der Waals surface area contributed by atoms with Gasteiger partial charge in [0.15, 0.2) is 0 Å². The van der Waals surface area contributed by atoms with Gasteiger partial charge in [-0.05, 0) is 41.9 Å². The van der Waals surface area contributed by atoms with Gasteiger partial charge < -0.3 is 10.2 Å². The SMILES string of the molecule is CCn1nc(C)c(Br)c1CNc1ccccc1N(C)C. The van der Waals surface area contributed by atoms with Crippen LogP contribution < -0.4 is 10.2 Å². The monoisotopic (exact) mass is 336 g/mol. The van der Waals surface area contributed by atoms with Crippen LogP contribution in [0.4, 0.5) is 11.4 Å². The number of para-hydroxylation sites is 2. The fraction of sp³-hybridized carbons (Fsp3) is 0.400. The summed E-state index contributed by atoms with van der Waals surface area (Å²) in [5.41, 5.74) is 4.52. The van der Waals surface area contributed by atoms with Gasteiger partial charge in [-0.1, -0.05) is 12.1 Å². The van der Waals surface area contributed by atoms with Crippen molar-refractivity contribution in [3.8, 4) is 0 Å². The summed E-state index contributed by atoms with van der Waals surface area (Å²) in [7, 11) is 4.10. The van der Waals surface area contributed by atoms with E-state index in [9.17, 15) is 0 Å². The minimum Gasteiger partial charge on any atom is -0.378 e. The first kappa shape index (κ1) is 14.9. The first-order valence-electron chi connectivity index (χ1n) is 6.76. The molecule has 0 unspecified atom stereocenters. The molecule has 0 atom stereocenters. The van der Waals surface area contributed by atoms with Gasteiger partial charge in [0.1, 0.15) is 0 Å². The average Bonchev–Trinajstić information content (AvgIpc) is 2.72. The van der Waals surface area contributed by atoms with Crippen molar-refractivity contribution in [3.63, 3.8) is 0 Å². The number of nitrogens with one attached hydrogen (secondary N) is 1. The number of aryl methyl sites for hydroxylation is 2. The van der Waals surface area contributed by atoms with E-state index in [0.717, 1.165) is 28.9 Å². The molecule has 0 saturated carbocycles. The number of rotatable bonds is 5. The van der Waals surface area contributed by atoms with E-state index in [4.69, 9.17) is 0 Å². The molecule has 1 N–H and O–H groups in total. The van der Waals surface area contributed by atoms with Crippen molar-refractivity contribution in [2.45, 2.75) is 26.9 Å². The predicted molar refractivity (Wildman–Crippen MR) is 88.4 cm³/mol. The molecule has 108 valence electrons. The maximum absolute atomic E-state index is 4.52. The molecule has 1 aromatic heterocycles. The van der Waals surface area contributed by atoms with Crippen molar-refractivity contribution >= 4 is 27.3 Å². The Hall–Kier alpha value is -1.49. The molecule has 2 rings (SSSR count). The molecule has 1 aromatic carbocycles. The lowest BCUT2D eigenvalue weighted by molar-refractivity contribution is 0.622. The van der Waals surface area contributed by atoms with E-state index in [1.54, 1.807) is 0 Å². The highest BCUT2D eigenvalue weighted by Crippen LogP contribution is 2.26. The third-order valence-electron chi connectivity index (χ3n) is 3.28. The third kappa shape index (κ3) is 2.98. The Labute approximate surface area is 128 Å². The van der Waals surface area contributed by atoms with E-state index in [1.807, 2.05) is 17.7 Å². The highest BCUT2D eigenvalue weighted by Gasteiger charge is 2.12. The average molecular weight is 337 g/mol. The van der Waals surface area contributed by atoms with Crippen LogP contribution in [0.25, 0.3) is 0 Å². The van der Waals surface area contributed by atoms with Crippen molar-refractivity contribution in [3.05, 3.63) is 40.1 Å². The molecule has 0 radical (unpaired) electrons. The van der Waals surface area contributed by atoms with E-state index < -0.39 is 0 Å². The van der Waals surface area contributed by atoms with Gasteiger partial charge in [-0.25, -0.2) is 0 Å². The van der Waals surface area contributed by atoms with Crippen LogP contribution in [-0.2, 0) is 13.1 Å². The smallest absolute Gasteiger partial charge is 0.0739 e. The van der Waals surface area contributed by atoms with E-state index in [2.05, 4.69) is 70.5 Å².